The number of rotatable bonds is 9. The number of carbonyl (C=O) groups is 1. The van der Waals surface area contributed by atoms with Crippen molar-refractivity contribution < 1.29 is 4.79 Å². The Labute approximate surface area is 209 Å². The Morgan fingerprint density at radius 3 is 2.61 bits per heavy atom. The van der Waals surface area contributed by atoms with E-state index in [-0.39, 0.29) is 23.4 Å². The van der Waals surface area contributed by atoms with Gasteiger partial charge in [0.25, 0.3) is 0 Å². The third kappa shape index (κ3) is 4.29. The molecule has 2 atom stereocenters. The van der Waals surface area contributed by atoms with Gasteiger partial charge in [0.1, 0.15) is 6.04 Å². The second kappa shape index (κ2) is 10.0. The van der Waals surface area contributed by atoms with Crippen LogP contribution in [0, 0.1) is 11.8 Å². The largest absolute Gasteiger partial charge is 0.329 e. The van der Waals surface area contributed by atoms with Crippen LogP contribution in [0.3, 0.4) is 0 Å². The number of ketones is 1. The molecule has 3 heterocycles. The monoisotopic (exact) mass is 485 g/mol. The van der Waals surface area contributed by atoms with Gasteiger partial charge < -0.3 is 0 Å². The zero-order valence-corrected chi connectivity index (χ0v) is 20.9. The summed E-state index contributed by atoms with van der Waals surface area (Å²) in [5.41, 5.74) is 4.50. The number of imidazole rings is 1. The summed E-state index contributed by atoms with van der Waals surface area (Å²) < 4.78 is 3.50. The van der Waals surface area contributed by atoms with Crippen molar-refractivity contribution in [1.82, 2.24) is 34.7 Å². The summed E-state index contributed by atoms with van der Waals surface area (Å²) in [6.45, 7) is 6.74. The molecule has 1 aliphatic rings. The van der Waals surface area contributed by atoms with E-state index >= 15 is 0 Å². The maximum absolute atomic E-state index is 13.7. The van der Waals surface area contributed by atoms with Gasteiger partial charge in [-0.1, -0.05) is 51.5 Å². The van der Waals surface area contributed by atoms with Gasteiger partial charge >= 0.3 is 5.69 Å². The number of benzene rings is 1. The van der Waals surface area contributed by atoms with Gasteiger partial charge in [0, 0.05) is 36.3 Å². The Kier molecular flexibility index (Phi) is 6.63. The van der Waals surface area contributed by atoms with Gasteiger partial charge in [-0.3, -0.25) is 18.9 Å². The van der Waals surface area contributed by atoms with Crippen molar-refractivity contribution in [2.24, 2.45) is 11.8 Å². The Balaban J connectivity index is 1.57. The number of hydrogen-bond acceptors (Lipinski definition) is 6. The zero-order chi connectivity index (χ0) is 25.2. The minimum atomic E-state index is -0.368. The van der Waals surface area contributed by atoms with Crippen LogP contribution < -0.4 is 5.69 Å². The molecule has 1 aromatic carbocycles. The average molecular weight is 486 g/mol. The number of Topliss-reactive ketones (excluding diaryl/α,β-unsaturated/α-hetero) is 1. The van der Waals surface area contributed by atoms with Crippen LogP contribution in [0.25, 0.3) is 22.5 Å². The predicted molar refractivity (Wildman–Crippen MR) is 136 cm³/mol. The van der Waals surface area contributed by atoms with E-state index in [1.54, 1.807) is 10.8 Å². The summed E-state index contributed by atoms with van der Waals surface area (Å²) >= 11 is 0. The van der Waals surface area contributed by atoms with Crippen LogP contribution >= 0.6 is 0 Å². The first-order valence-corrected chi connectivity index (χ1v) is 12.6. The maximum Gasteiger partial charge on any atom is 0.329 e. The van der Waals surface area contributed by atoms with E-state index in [2.05, 4.69) is 46.4 Å². The summed E-state index contributed by atoms with van der Waals surface area (Å²) in [5, 5.41) is 14.4. The van der Waals surface area contributed by atoms with Crippen molar-refractivity contribution in [2.75, 3.05) is 0 Å². The number of tetrazole rings is 1. The molecular weight excluding hydrogens is 454 g/mol. The van der Waals surface area contributed by atoms with Gasteiger partial charge in [-0.05, 0) is 57.9 Å². The molecule has 9 nitrogen and oxygen atoms in total. The fourth-order valence-corrected chi connectivity index (χ4v) is 5.16. The van der Waals surface area contributed by atoms with Crippen LogP contribution in [-0.4, -0.2) is 40.5 Å². The number of nitrogens with one attached hydrogen (secondary N) is 1. The SMILES string of the molecule is CCCCc1cn(C2C(=O)CC2C(C)C)c(=O)n1Cc1cnccc1-c1ccccc1-c1nnn[nH]1. The third-order valence-electron chi connectivity index (χ3n) is 7.25. The molecule has 1 saturated carbocycles. The van der Waals surface area contributed by atoms with Gasteiger partial charge in [-0.25, -0.2) is 9.89 Å². The lowest BCUT2D eigenvalue weighted by atomic mass is 9.71. The molecule has 3 aromatic heterocycles. The van der Waals surface area contributed by atoms with Crippen LogP contribution in [0.1, 0.15) is 57.3 Å². The van der Waals surface area contributed by atoms with Crippen molar-refractivity contribution in [3.63, 3.8) is 0 Å². The lowest BCUT2D eigenvalue weighted by Crippen LogP contribution is -2.45. The number of hydrogen-bond donors (Lipinski definition) is 1. The molecule has 0 amide bonds. The van der Waals surface area contributed by atoms with E-state index in [1.165, 1.54) is 0 Å². The van der Waals surface area contributed by atoms with Crippen LogP contribution in [0.4, 0.5) is 0 Å². The molecule has 36 heavy (non-hydrogen) atoms. The number of unbranched alkanes of at least 4 members (excludes halogenated alkanes) is 1. The minimum absolute atomic E-state index is 0.132. The van der Waals surface area contributed by atoms with Crippen molar-refractivity contribution in [3.05, 3.63) is 70.7 Å². The average Bonchev–Trinajstić information content (AvgIpc) is 3.51. The number of H-pyrrole nitrogens is 1. The van der Waals surface area contributed by atoms with Gasteiger partial charge in [0.05, 0.1) is 6.54 Å². The molecule has 0 aliphatic heterocycles. The van der Waals surface area contributed by atoms with E-state index in [4.69, 9.17) is 0 Å². The van der Waals surface area contributed by atoms with E-state index < -0.39 is 0 Å². The lowest BCUT2D eigenvalue weighted by molar-refractivity contribution is -0.134. The van der Waals surface area contributed by atoms with Crippen LogP contribution in [0.15, 0.2) is 53.7 Å². The summed E-state index contributed by atoms with van der Waals surface area (Å²) in [4.78, 5) is 30.7. The van der Waals surface area contributed by atoms with Gasteiger partial charge in [0.2, 0.25) is 0 Å². The maximum atomic E-state index is 13.7. The lowest BCUT2D eigenvalue weighted by Gasteiger charge is -2.38. The summed E-state index contributed by atoms with van der Waals surface area (Å²) in [7, 11) is 0. The second-order valence-electron chi connectivity index (χ2n) is 9.85. The molecular formula is C27H31N7O2. The number of carbonyl (C=O) groups excluding carboxylic acids is 1. The first kappa shape index (κ1) is 23.8. The topological polar surface area (TPSA) is 111 Å². The molecule has 186 valence electrons. The smallest absolute Gasteiger partial charge is 0.297 e. The molecule has 1 fully saturated rings. The summed E-state index contributed by atoms with van der Waals surface area (Å²) in [6.07, 6.45) is 8.79. The number of aromatic amines is 1. The zero-order valence-electron chi connectivity index (χ0n) is 20.9. The highest BCUT2D eigenvalue weighted by Gasteiger charge is 2.43. The molecule has 9 heteroatoms. The van der Waals surface area contributed by atoms with Gasteiger partial charge in [-0.2, -0.15) is 0 Å². The molecule has 0 radical (unpaired) electrons. The van der Waals surface area contributed by atoms with Crippen molar-refractivity contribution >= 4 is 5.78 Å². The summed E-state index contributed by atoms with van der Waals surface area (Å²) in [6, 6.07) is 9.48. The normalized spacial score (nSPS) is 17.5. The highest BCUT2D eigenvalue weighted by molar-refractivity contribution is 5.89. The Bertz CT molecular complexity index is 1420. The number of aromatic nitrogens is 7. The first-order valence-electron chi connectivity index (χ1n) is 12.6. The van der Waals surface area contributed by atoms with E-state index in [0.29, 0.717) is 24.7 Å². The summed E-state index contributed by atoms with van der Waals surface area (Å²) in [5.74, 6) is 1.26. The Morgan fingerprint density at radius 1 is 1.11 bits per heavy atom. The molecule has 0 spiro atoms. The number of nitrogens with zero attached hydrogens (tertiary/aromatic N) is 6. The molecule has 4 aromatic rings. The first-order chi connectivity index (χ1) is 17.5. The molecule has 2 unspecified atom stereocenters. The fraction of sp³-hybridized carbons (Fsp3) is 0.407. The Morgan fingerprint density at radius 2 is 1.92 bits per heavy atom. The van der Waals surface area contributed by atoms with Crippen LogP contribution in [-0.2, 0) is 17.8 Å². The molecule has 0 bridgehead atoms. The fourth-order valence-electron chi connectivity index (χ4n) is 5.16. The standard InChI is InChI=1S/C27H31N7O2/c1-4-5-8-19-16-34(25-23(17(2)3)13-24(25)35)27(36)33(19)15-18-14-28-12-11-20(18)21-9-6-7-10-22(21)26-29-31-32-30-26/h6-7,9-12,14,16-17,23,25H,4-5,8,13,15H2,1-3H3,(H,29,30,31,32). The Hall–Kier alpha value is -3.88. The highest BCUT2D eigenvalue weighted by atomic mass is 16.2. The van der Waals surface area contributed by atoms with Crippen molar-refractivity contribution in [3.8, 4) is 22.5 Å². The third-order valence-corrected chi connectivity index (χ3v) is 7.25. The predicted octanol–water partition coefficient (Wildman–Crippen LogP) is 4.07. The van der Waals surface area contributed by atoms with E-state index in [0.717, 1.165) is 47.2 Å². The van der Waals surface area contributed by atoms with Crippen molar-refractivity contribution in [1.29, 1.82) is 0 Å². The van der Waals surface area contributed by atoms with Crippen LogP contribution in [0.2, 0.25) is 0 Å². The minimum Gasteiger partial charge on any atom is -0.297 e. The quantitative estimate of drug-likeness (QED) is 0.383. The van der Waals surface area contributed by atoms with Crippen molar-refractivity contribution in [2.45, 2.75) is 59.0 Å². The number of pyridine rings is 1. The van der Waals surface area contributed by atoms with E-state index in [1.807, 2.05) is 47.3 Å². The highest BCUT2D eigenvalue weighted by Crippen LogP contribution is 2.40. The molecule has 5 rings (SSSR count). The number of aryl methyl sites for hydroxylation is 1. The molecule has 1 aliphatic carbocycles. The van der Waals surface area contributed by atoms with Gasteiger partial charge in [0.15, 0.2) is 11.6 Å². The second-order valence-corrected chi connectivity index (χ2v) is 9.85. The molecule has 1 N–H and O–H groups in total. The van der Waals surface area contributed by atoms with Crippen LogP contribution in [0.5, 0.6) is 0 Å². The van der Waals surface area contributed by atoms with Gasteiger partial charge in [-0.15, -0.1) is 5.10 Å². The molecule has 0 saturated heterocycles. The van der Waals surface area contributed by atoms with E-state index in [9.17, 15) is 9.59 Å².